The van der Waals surface area contributed by atoms with Gasteiger partial charge in [0.05, 0.1) is 47.0 Å². The molecule has 5 atom stereocenters. The maximum Gasteiger partial charge on any atom is 0.240 e. The van der Waals surface area contributed by atoms with Crippen molar-refractivity contribution in [3.8, 4) is 22.8 Å². The van der Waals surface area contributed by atoms with Crippen LogP contribution in [0.5, 0.6) is 11.5 Å². The number of fused-ring (bicyclic) bond motifs is 1. The predicted molar refractivity (Wildman–Crippen MR) is 246 cm³/mol. The molecule has 3 aromatic carbocycles. The molecule has 0 spiro atoms. The number of Topliss-reactive ketones (excluding diaryl/α,β-unsaturated/α-hetero) is 1. The summed E-state index contributed by atoms with van der Waals surface area (Å²) in [7, 11) is -2.53. The maximum absolute atomic E-state index is 15.1. The van der Waals surface area contributed by atoms with Crippen LogP contribution in [0.3, 0.4) is 0 Å². The lowest BCUT2D eigenvalue weighted by molar-refractivity contribution is -0.148. The number of rotatable bonds is 16. The molecule has 12 nitrogen and oxygen atoms in total. The van der Waals surface area contributed by atoms with Crippen molar-refractivity contribution in [2.24, 2.45) is 22.7 Å². The number of aromatic nitrogens is 1. The molecule has 1 N–H and O–H groups in total. The molecule has 13 heteroatoms. The van der Waals surface area contributed by atoms with Crippen LogP contribution in [0.4, 0.5) is 0 Å². The molecule has 4 aromatic rings. The monoisotopic (exact) mass is 888 g/mol. The van der Waals surface area contributed by atoms with E-state index in [1.807, 2.05) is 111 Å². The van der Waals surface area contributed by atoms with Gasteiger partial charge in [0.2, 0.25) is 27.7 Å². The molecule has 0 bridgehead atoms. The Bertz CT molecular complexity index is 2530. The van der Waals surface area contributed by atoms with Gasteiger partial charge in [-0.1, -0.05) is 87.5 Å². The number of nitrogens with one attached hydrogen (secondary N) is 1. The van der Waals surface area contributed by atoms with Crippen molar-refractivity contribution in [1.29, 1.82) is 0 Å². The van der Waals surface area contributed by atoms with Gasteiger partial charge in [0.25, 0.3) is 0 Å². The molecular formula is C51H60N4O8S. The molecule has 2 aliphatic carbocycles. The fourth-order valence-electron chi connectivity index (χ4n) is 9.78. The van der Waals surface area contributed by atoms with Gasteiger partial charge in [-0.25, -0.2) is 13.4 Å². The van der Waals surface area contributed by atoms with Crippen molar-refractivity contribution in [3.63, 3.8) is 0 Å². The highest BCUT2D eigenvalue weighted by molar-refractivity contribution is 7.91. The van der Waals surface area contributed by atoms with E-state index in [0.717, 1.165) is 35.8 Å². The van der Waals surface area contributed by atoms with Crippen LogP contribution in [0, 0.1) is 22.7 Å². The van der Waals surface area contributed by atoms with Crippen molar-refractivity contribution in [2.45, 2.75) is 102 Å². The number of carbonyl (C=O) groups excluding carboxylic acids is 4. The summed E-state index contributed by atoms with van der Waals surface area (Å²) in [6.07, 6.45) is 5.04. The predicted octanol–water partition coefficient (Wildman–Crippen LogP) is 7.70. The number of ether oxygens (including phenoxy) is 2. The second-order valence-corrected chi connectivity index (χ2v) is 21.5. The Hall–Kier alpha value is -5.56. The summed E-state index contributed by atoms with van der Waals surface area (Å²) in [5.41, 5.74) is 1.06. The number of piperidine rings is 1. The largest absolute Gasteiger partial charge is 0.497 e. The normalized spacial score (nSPS) is 23.2. The number of pyridine rings is 1. The Morgan fingerprint density at radius 3 is 2.27 bits per heavy atom. The lowest BCUT2D eigenvalue weighted by Crippen LogP contribution is -2.50. The van der Waals surface area contributed by atoms with E-state index in [2.05, 4.69) is 11.3 Å². The summed E-state index contributed by atoms with van der Waals surface area (Å²) in [5, 5.41) is 0.720. The second-order valence-electron chi connectivity index (χ2n) is 19.4. The van der Waals surface area contributed by atoms with Crippen LogP contribution in [0.25, 0.3) is 22.2 Å². The Morgan fingerprint density at radius 1 is 0.953 bits per heavy atom. The van der Waals surface area contributed by atoms with Gasteiger partial charge in [-0.3, -0.25) is 23.9 Å². The molecule has 64 heavy (non-hydrogen) atoms. The Morgan fingerprint density at radius 2 is 1.64 bits per heavy atom. The van der Waals surface area contributed by atoms with Gasteiger partial charge < -0.3 is 19.3 Å². The number of nitrogens with zero attached hydrogens (tertiary/aromatic N) is 3. The van der Waals surface area contributed by atoms with Crippen LogP contribution in [0.2, 0.25) is 0 Å². The number of methoxy groups -OCH3 is 1. The summed E-state index contributed by atoms with van der Waals surface area (Å²) in [6, 6.07) is 25.4. The third-order valence-corrected chi connectivity index (χ3v) is 16.2. The first-order valence-corrected chi connectivity index (χ1v) is 24.1. The van der Waals surface area contributed by atoms with Crippen molar-refractivity contribution in [2.75, 3.05) is 26.7 Å². The number of benzene rings is 3. The third kappa shape index (κ3) is 9.18. The van der Waals surface area contributed by atoms with Crippen molar-refractivity contribution in [3.05, 3.63) is 103 Å². The first-order valence-electron chi connectivity index (χ1n) is 22.6. The number of likely N-dealkylation sites (tertiary alicyclic amines) is 2. The number of sulfonamides is 1. The van der Waals surface area contributed by atoms with Gasteiger partial charge in [-0.2, -0.15) is 0 Å². The van der Waals surface area contributed by atoms with Crippen LogP contribution >= 0.6 is 0 Å². The van der Waals surface area contributed by atoms with Crippen LogP contribution in [0.1, 0.15) is 84.1 Å². The summed E-state index contributed by atoms with van der Waals surface area (Å²) in [5.74, 6) is -1.55. The molecule has 2 saturated carbocycles. The first kappa shape index (κ1) is 45.0. The zero-order valence-corrected chi connectivity index (χ0v) is 38.2. The number of amides is 3. The molecule has 338 valence electrons. The lowest BCUT2D eigenvalue weighted by Gasteiger charge is -2.36. The minimum Gasteiger partial charge on any atom is -0.497 e. The fraction of sp³-hybridized carbons (Fsp3) is 0.471. The SMILES string of the molecule is C=C[C@@H]1C[C@]1(CC(=O)[C@@H]1C[C@@H](Oc2cc(-c3ccccc3)nc3cc(OC)ccc23)CN1C(=O)[C@@H](CC(=O)N1CCCCC1)C(C)(C)C)C(=O)NS(=O)(=O)C1(Cc2ccccc2)CC1. The zero-order chi connectivity index (χ0) is 45.4. The van der Waals surface area contributed by atoms with Gasteiger partial charge in [0.15, 0.2) is 5.78 Å². The topological polar surface area (TPSA) is 152 Å². The van der Waals surface area contributed by atoms with E-state index in [0.29, 0.717) is 48.6 Å². The van der Waals surface area contributed by atoms with Gasteiger partial charge in [0.1, 0.15) is 17.6 Å². The third-order valence-electron chi connectivity index (χ3n) is 14.0. The lowest BCUT2D eigenvalue weighted by atomic mass is 9.77. The first-order chi connectivity index (χ1) is 30.6. The quantitative estimate of drug-likeness (QED) is 0.112. The Kier molecular flexibility index (Phi) is 12.5. The summed E-state index contributed by atoms with van der Waals surface area (Å²) < 4.78 is 41.6. The van der Waals surface area contributed by atoms with Crippen molar-refractivity contribution in [1.82, 2.24) is 19.5 Å². The average Bonchev–Trinajstić information content (AvgIpc) is 4.19. The van der Waals surface area contributed by atoms with Crippen LogP contribution in [0.15, 0.2) is 97.6 Å². The Balaban J connectivity index is 1.10. The molecule has 0 radical (unpaired) electrons. The standard InChI is InChI=1S/C51H60N4O8S/c1-6-36-31-51(36,48(59)53-64(60,61)50(22-23-50)30-34-16-10-7-11-17-34)32-44(56)43-27-38(33-55(43)47(58)40(49(2,3)4)28-46(57)54-24-14-9-15-25-54)63-45-29-41(35-18-12-8-13-19-35)52-42-26-37(62-5)20-21-39(42)45/h6-8,10-13,16-21,26,29,36,38,40,43H,1,9,14-15,22-25,27-28,30-33H2,2-5H3,(H,53,59)/t36-,38-,40-,43+,51-/m1/s1. The van der Waals surface area contributed by atoms with E-state index >= 15 is 4.79 Å². The molecule has 4 aliphatic rings. The number of allylic oxidation sites excluding steroid dienone is 1. The average molecular weight is 889 g/mol. The Labute approximate surface area is 376 Å². The number of ketones is 1. The second kappa shape index (κ2) is 17.8. The van der Waals surface area contributed by atoms with Gasteiger partial charge in [-0.05, 0) is 74.0 Å². The molecule has 2 saturated heterocycles. The zero-order valence-electron chi connectivity index (χ0n) is 37.4. The molecule has 2 aliphatic heterocycles. The van der Waals surface area contributed by atoms with Crippen LogP contribution in [-0.4, -0.2) is 90.3 Å². The minimum atomic E-state index is -4.12. The molecular weight excluding hydrogens is 829 g/mol. The summed E-state index contributed by atoms with van der Waals surface area (Å²) in [6.45, 7) is 11.1. The number of hydrogen-bond acceptors (Lipinski definition) is 9. The van der Waals surface area contributed by atoms with E-state index in [1.54, 1.807) is 18.1 Å². The molecule has 4 fully saturated rings. The highest BCUT2D eigenvalue weighted by Crippen LogP contribution is 2.57. The fourth-order valence-corrected chi connectivity index (χ4v) is 11.4. The molecule has 3 amide bonds. The van der Waals surface area contributed by atoms with Crippen LogP contribution in [-0.2, 0) is 35.6 Å². The number of carbonyl (C=O) groups is 4. The highest BCUT2D eigenvalue weighted by Gasteiger charge is 2.63. The van der Waals surface area contributed by atoms with E-state index in [4.69, 9.17) is 14.5 Å². The van der Waals surface area contributed by atoms with E-state index in [1.165, 1.54) is 0 Å². The molecule has 3 heterocycles. The maximum atomic E-state index is 15.1. The molecule has 0 unspecified atom stereocenters. The summed E-state index contributed by atoms with van der Waals surface area (Å²) >= 11 is 0. The minimum absolute atomic E-state index is 0.00397. The molecule has 1 aromatic heterocycles. The van der Waals surface area contributed by atoms with Crippen LogP contribution < -0.4 is 14.2 Å². The van der Waals surface area contributed by atoms with Crippen molar-refractivity contribution < 1.29 is 37.1 Å². The highest BCUT2D eigenvalue weighted by atomic mass is 32.2. The van der Waals surface area contributed by atoms with E-state index in [9.17, 15) is 22.8 Å². The molecule has 8 rings (SSSR count). The smallest absolute Gasteiger partial charge is 0.240 e. The van der Waals surface area contributed by atoms with Gasteiger partial charge in [0, 0.05) is 55.4 Å². The van der Waals surface area contributed by atoms with E-state index in [-0.39, 0.29) is 56.2 Å². The van der Waals surface area contributed by atoms with Gasteiger partial charge >= 0.3 is 0 Å². The van der Waals surface area contributed by atoms with E-state index < -0.39 is 55.5 Å². The summed E-state index contributed by atoms with van der Waals surface area (Å²) in [4.78, 5) is 66.4. The number of hydrogen-bond donors (Lipinski definition) is 1. The van der Waals surface area contributed by atoms with Crippen molar-refractivity contribution >= 4 is 44.4 Å². The van der Waals surface area contributed by atoms with Gasteiger partial charge in [-0.15, -0.1) is 6.58 Å².